The lowest BCUT2D eigenvalue weighted by Crippen LogP contribution is -2.38. The van der Waals surface area contributed by atoms with Crippen molar-refractivity contribution in [3.05, 3.63) is 35.1 Å². The summed E-state index contributed by atoms with van der Waals surface area (Å²) in [6.07, 6.45) is 1.62. The van der Waals surface area contributed by atoms with E-state index in [1.165, 1.54) is 0 Å². The second-order valence-electron chi connectivity index (χ2n) is 4.73. The normalized spacial score (nSPS) is 11.9. The van der Waals surface area contributed by atoms with Crippen molar-refractivity contribution < 1.29 is 22.0 Å². The predicted molar refractivity (Wildman–Crippen MR) is 74.3 cm³/mol. The summed E-state index contributed by atoms with van der Waals surface area (Å²) in [6.45, 7) is 2.01. The van der Waals surface area contributed by atoms with Gasteiger partial charge in [-0.3, -0.25) is 0 Å². The molecule has 1 aromatic rings. The average molecular weight is 306 g/mol. The molecule has 0 saturated heterocycles. The van der Waals surface area contributed by atoms with Crippen LogP contribution in [0.15, 0.2) is 12.1 Å². The van der Waals surface area contributed by atoms with Crippen LogP contribution in [0, 0.1) is 17.5 Å². The first kappa shape index (κ1) is 17.2. The molecule has 0 bridgehead atoms. The first-order chi connectivity index (χ1) is 9.48. The second kappa shape index (κ2) is 7.80. The van der Waals surface area contributed by atoms with Gasteiger partial charge in [-0.2, -0.15) is 0 Å². The lowest BCUT2D eigenvalue weighted by atomic mass is 10.1. The van der Waals surface area contributed by atoms with E-state index in [1.54, 1.807) is 14.2 Å². The molecule has 0 aliphatic rings. The molecular weight excluding hydrogens is 285 g/mol. The van der Waals surface area contributed by atoms with Crippen LogP contribution in [-0.2, 0) is 15.3 Å². The maximum atomic E-state index is 13.5. The molecule has 6 heteroatoms. The third kappa shape index (κ3) is 4.33. The van der Waals surface area contributed by atoms with Crippen LogP contribution in [0.1, 0.15) is 25.3 Å². The van der Waals surface area contributed by atoms with Crippen LogP contribution in [0.5, 0.6) is 0 Å². The van der Waals surface area contributed by atoms with Gasteiger partial charge in [-0.1, -0.05) is 13.3 Å². The van der Waals surface area contributed by atoms with Crippen LogP contribution in [0.2, 0.25) is 12.1 Å². The van der Waals surface area contributed by atoms with Gasteiger partial charge in [-0.15, -0.1) is 0 Å². The highest BCUT2D eigenvalue weighted by Crippen LogP contribution is 2.22. The summed E-state index contributed by atoms with van der Waals surface area (Å²) in [7, 11) is 1.14. The van der Waals surface area contributed by atoms with Gasteiger partial charge in [0.1, 0.15) is 17.5 Å². The zero-order valence-corrected chi connectivity index (χ0v) is 13.1. The van der Waals surface area contributed by atoms with E-state index in [9.17, 15) is 13.2 Å². The van der Waals surface area contributed by atoms with Crippen molar-refractivity contribution >= 4 is 8.56 Å². The Morgan fingerprint density at radius 3 is 2.00 bits per heavy atom. The fraction of sp³-hybridized carbons (Fsp3) is 0.571. The van der Waals surface area contributed by atoms with Gasteiger partial charge in [0.15, 0.2) is 0 Å². The Morgan fingerprint density at radius 1 is 1.00 bits per heavy atom. The number of halogens is 3. The largest absolute Gasteiger partial charge is 0.398 e. The lowest BCUT2D eigenvalue weighted by molar-refractivity contribution is 0.241. The maximum Gasteiger partial charge on any atom is 0.337 e. The highest BCUT2D eigenvalue weighted by atomic mass is 28.4. The molecule has 0 fully saturated rings. The fourth-order valence-electron chi connectivity index (χ4n) is 2.26. The van der Waals surface area contributed by atoms with Crippen LogP contribution in [-0.4, -0.2) is 22.8 Å². The molecule has 0 aromatic heterocycles. The van der Waals surface area contributed by atoms with Crippen LogP contribution in [0.25, 0.3) is 0 Å². The molecule has 0 aliphatic heterocycles. The summed E-state index contributed by atoms with van der Waals surface area (Å²) < 4.78 is 50.6. The molecule has 1 rings (SSSR count). The third-order valence-electron chi connectivity index (χ3n) is 3.62. The maximum absolute atomic E-state index is 13.5. The Hall–Kier alpha value is -0.853. The Morgan fingerprint density at radius 2 is 1.55 bits per heavy atom. The zero-order chi connectivity index (χ0) is 15.2. The zero-order valence-electron chi connectivity index (χ0n) is 12.1. The second-order valence-corrected chi connectivity index (χ2v) is 8.57. The minimum absolute atomic E-state index is 0.0509. The molecule has 114 valence electrons. The van der Waals surface area contributed by atoms with Crippen molar-refractivity contribution in [1.29, 1.82) is 0 Å². The SMILES string of the molecule is CC[Si](CCCCc1c(F)cc(F)cc1F)(OC)OC. The number of hydrogen-bond donors (Lipinski definition) is 0. The minimum atomic E-state index is -2.14. The summed E-state index contributed by atoms with van der Waals surface area (Å²) in [6, 6.07) is 3.04. The summed E-state index contributed by atoms with van der Waals surface area (Å²) in [5, 5.41) is 0. The topological polar surface area (TPSA) is 18.5 Å². The van der Waals surface area contributed by atoms with Crippen molar-refractivity contribution in [1.82, 2.24) is 0 Å². The van der Waals surface area contributed by atoms with E-state index in [2.05, 4.69) is 0 Å². The molecule has 0 aliphatic carbocycles. The molecule has 0 radical (unpaired) electrons. The van der Waals surface area contributed by atoms with Crippen molar-refractivity contribution in [3.63, 3.8) is 0 Å². The van der Waals surface area contributed by atoms with E-state index in [4.69, 9.17) is 8.85 Å². The van der Waals surface area contributed by atoms with E-state index in [0.717, 1.165) is 18.5 Å². The number of hydrogen-bond acceptors (Lipinski definition) is 2. The van der Waals surface area contributed by atoms with E-state index in [1.807, 2.05) is 6.92 Å². The summed E-state index contributed by atoms with van der Waals surface area (Å²) in [5.41, 5.74) is -0.0509. The molecule has 1 aromatic carbocycles. The number of unbranched alkanes of at least 4 members (excludes halogenated alkanes) is 1. The lowest BCUT2D eigenvalue weighted by Gasteiger charge is -2.25. The van der Waals surface area contributed by atoms with Crippen LogP contribution < -0.4 is 0 Å². The molecule has 0 unspecified atom stereocenters. The molecule has 0 saturated carbocycles. The van der Waals surface area contributed by atoms with Crippen LogP contribution in [0.3, 0.4) is 0 Å². The van der Waals surface area contributed by atoms with Gasteiger partial charge in [0, 0.05) is 31.9 Å². The Labute approximate surface area is 119 Å². The fourth-order valence-corrected chi connectivity index (χ4v) is 4.55. The highest BCUT2D eigenvalue weighted by Gasteiger charge is 2.32. The molecule has 0 heterocycles. The monoisotopic (exact) mass is 306 g/mol. The number of benzene rings is 1. The Bertz CT molecular complexity index is 405. The van der Waals surface area contributed by atoms with E-state index in [-0.39, 0.29) is 12.0 Å². The van der Waals surface area contributed by atoms with Crippen molar-refractivity contribution in [2.24, 2.45) is 0 Å². The molecule has 0 amide bonds. The summed E-state index contributed by atoms with van der Waals surface area (Å²) >= 11 is 0. The smallest absolute Gasteiger partial charge is 0.337 e. The molecule has 0 spiro atoms. The Balaban J connectivity index is 2.53. The molecule has 0 N–H and O–H groups in total. The molecule has 20 heavy (non-hydrogen) atoms. The molecule has 0 atom stereocenters. The van der Waals surface area contributed by atoms with Crippen molar-refractivity contribution in [2.45, 2.75) is 38.3 Å². The first-order valence-electron chi connectivity index (χ1n) is 6.71. The van der Waals surface area contributed by atoms with Crippen LogP contribution in [0.4, 0.5) is 13.2 Å². The van der Waals surface area contributed by atoms with Gasteiger partial charge in [0.2, 0.25) is 0 Å². The molecular formula is C14H21F3O2Si. The van der Waals surface area contributed by atoms with Gasteiger partial charge in [0.25, 0.3) is 0 Å². The summed E-state index contributed by atoms with van der Waals surface area (Å²) in [5.74, 6) is -2.53. The van der Waals surface area contributed by atoms with Gasteiger partial charge in [-0.05, 0) is 24.9 Å². The van der Waals surface area contributed by atoms with Gasteiger partial charge in [0.05, 0.1) is 0 Å². The average Bonchev–Trinajstić information content (AvgIpc) is 2.42. The van der Waals surface area contributed by atoms with E-state index >= 15 is 0 Å². The van der Waals surface area contributed by atoms with E-state index < -0.39 is 26.0 Å². The number of rotatable bonds is 8. The minimum Gasteiger partial charge on any atom is -0.398 e. The van der Waals surface area contributed by atoms with E-state index in [0.29, 0.717) is 18.6 Å². The van der Waals surface area contributed by atoms with Crippen molar-refractivity contribution in [3.8, 4) is 0 Å². The quantitative estimate of drug-likeness (QED) is 0.530. The van der Waals surface area contributed by atoms with Gasteiger partial charge < -0.3 is 8.85 Å². The van der Waals surface area contributed by atoms with Crippen LogP contribution >= 0.6 is 0 Å². The summed E-state index contributed by atoms with van der Waals surface area (Å²) in [4.78, 5) is 0. The first-order valence-corrected chi connectivity index (χ1v) is 8.94. The van der Waals surface area contributed by atoms with Gasteiger partial charge >= 0.3 is 8.56 Å². The predicted octanol–water partition coefficient (Wildman–Crippen LogP) is 4.18. The highest BCUT2D eigenvalue weighted by molar-refractivity contribution is 6.67. The van der Waals surface area contributed by atoms with Crippen molar-refractivity contribution in [2.75, 3.05) is 14.2 Å². The molecule has 2 nitrogen and oxygen atoms in total. The Kier molecular flexibility index (Phi) is 6.71. The van der Waals surface area contributed by atoms with Gasteiger partial charge in [-0.25, -0.2) is 13.2 Å². The third-order valence-corrected chi connectivity index (χ3v) is 7.30. The standard InChI is InChI=1S/C14H21F3O2Si/c1-4-20(18-2,19-3)8-6-5-7-12-13(16)9-11(15)10-14(12)17/h9-10H,4-8H2,1-3H3.